The molecule has 1 saturated carbocycles. The normalized spacial score (nSPS) is 21.6. The average Bonchev–Trinajstić information content (AvgIpc) is 2.53. The van der Waals surface area contributed by atoms with E-state index in [1.54, 1.807) is 0 Å². The summed E-state index contributed by atoms with van der Waals surface area (Å²) < 4.78 is 0. The lowest BCUT2D eigenvalue weighted by Crippen LogP contribution is -2.52. The highest BCUT2D eigenvalue weighted by atomic mass is 32.1. The topological polar surface area (TPSA) is 75.4 Å². The van der Waals surface area contributed by atoms with Crippen molar-refractivity contribution in [3.63, 3.8) is 0 Å². The number of amides is 2. The van der Waals surface area contributed by atoms with Crippen molar-refractivity contribution < 1.29 is 9.59 Å². The van der Waals surface area contributed by atoms with Gasteiger partial charge >= 0.3 is 0 Å². The number of carbonyl (C=O) groups is 2. The molecule has 21 heavy (non-hydrogen) atoms. The summed E-state index contributed by atoms with van der Waals surface area (Å²) in [5.41, 5.74) is 5.09. The van der Waals surface area contributed by atoms with Gasteiger partial charge in [0.2, 0.25) is 11.8 Å². The summed E-state index contributed by atoms with van der Waals surface area (Å²) >= 11 is 5.13. The molecule has 3 N–H and O–H groups in total. The number of hydrogen-bond donors (Lipinski definition) is 2. The highest BCUT2D eigenvalue weighted by Gasteiger charge is 2.42. The molecule has 0 aromatic carbocycles. The minimum absolute atomic E-state index is 0.00282. The molecule has 5 nitrogen and oxygen atoms in total. The number of nitrogens with zero attached hydrogens (tertiary/aromatic N) is 1. The molecule has 2 rings (SSSR count). The van der Waals surface area contributed by atoms with Gasteiger partial charge in [0.05, 0.1) is 16.9 Å². The predicted octanol–water partition coefficient (Wildman–Crippen LogP) is 1.35. The largest absolute Gasteiger partial charge is 0.392 e. The molecule has 0 aromatic rings. The third kappa shape index (κ3) is 3.73. The maximum absolute atomic E-state index is 12.5. The fourth-order valence-electron chi connectivity index (χ4n) is 3.32. The van der Waals surface area contributed by atoms with Gasteiger partial charge < -0.3 is 16.0 Å². The van der Waals surface area contributed by atoms with Gasteiger partial charge in [-0.05, 0) is 32.1 Å². The molecule has 2 amide bonds. The zero-order chi connectivity index (χ0) is 15.3. The Bertz CT molecular complexity index is 413. The highest BCUT2D eigenvalue weighted by Crippen LogP contribution is 2.36. The highest BCUT2D eigenvalue weighted by molar-refractivity contribution is 7.80. The van der Waals surface area contributed by atoms with Crippen molar-refractivity contribution in [1.29, 1.82) is 0 Å². The van der Waals surface area contributed by atoms with Crippen molar-refractivity contribution in [3.05, 3.63) is 0 Å². The molecule has 2 aliphatic rings. The lowest BCUT2D eigenvalue weighted by molar-refractivity contribution is -0.136. The van der Waals surface area contributed by atoms with Crippen LogP contribution in [0.4, 0.5) is 0 Å². The lowest BCUT2D eigenvalue weighted by Gasteiger charge is -2.35. The molecule has 1 aliphatic heterocycles. The van der Waals surface area contributed by atoms with Crippen molar-refractivity contribution in [1.82, 2.24) is 10.2 Å². The minimum atomic E-state index is -0.740. The van der Waals surface area contributed by atoms with Gasteiger partial charge in [0.15, 0.2) is 0 Å². The fraction of sp³-hybridized carbons (Fsp3) is 0.800. The van der Waals surface area contributed by atoms with E-state index in [9.17, 15) is 9.59 Å². The lowest BCUT2D eigenvalue weighted by atomic mass is 9.73. The minimum Gasteiger partial charge on any atom is -0.392 e. The summed E-state index contributed by atoms with van der Waals surface area (Å²) in [4.78, 5) is 26.7. The van der Waals surface area contributed by atoms with Crippen LogP contribution in [0, 0.1) is 5.41 Å². The Morgan fingerprint density at radius 2 is 1.62 bits per heavy atom. The quantitative estimate of drug-likeness (QED) is 0.769. The molecule has 0 radical (unpaired) electrons. The van der Waals surface area contributed by atoms with E-state index >= 15 is 0 Å². The van der Waals surface area contributed by atoms with Gasteiger partial charge in [0.25, 0.3) is 0 Å². The number of nitrogens with two attached hydrogens (primary N) is 1. The molecule has 0 aromatic heterocycles. The second-order valence-electron chi connectivity index (χ2n) is 6.13. The van der Waals surface area contributed by atoms with Gasteiger partial charge in [-0.3, -0.25) is 9.59 Å². The summed E-state index contributed by atoms with van der Waals surface area (Å²) in [6.07, 6.45) is 7.73. The molecule has 2 fully saturated rings. The van der Waals surface area contributed by atoms with E-state index in [2.05, 4.69) is 5.32 Å². The van der Waals surface area contributed by atoms with E-state index in [4.69, 9.17) is 18.0 Å². The average molecular weight is 311 g/mol. The van der Waals surface area contributed by atoms with Crippen LogP contribution in [0.25, 0.3) is 0 Å². The zero-order valence-corrected chi connectivity index (χ0v) is 13.3. The first-order valence-electron chi connectivity index (χ1n) is 7.92. The van der Waals surface area contributed by atoms with E-state index in [1.165, 1.54) is 6.42 Å². The van der Waals surface area contributed by atoms with Crippen molar-refractivity contribution in [2.45, 2.75) is 51.4 Å². The first kappa shape index (κ1) is 16.2. The SMILES string of the molecule is NC(=S)C1(C(=O)NCC(=O)N2CCCCC2)CCCCC1. The fourth-order valence-corrected chi connectivity index (χ4v) is 3.62. The number of thiocarbonyl (C=S) groups is 1. The number of hydrogen-bond acceptors (Lipinski definition) is 3. The van der Waals surface area contributed by atoms with Gasteiger partial charge in [0, 0.05) is 13.1 Å². The third-order valence-corrected chi connectivity index (χ3v) is 5.11. The number of likely N-dealkylation sites (tertiary alicyclic amines) is 1. The summed E-state index contributed by atoms with van der Waals surface area (Å²) in [5.74, 6) is -0.169. The molecule has 118 valence electrons. The van der Waals surface area contributed by atoms with E-state index < -0.39 is 5.41 Å². The van der Waals surface area contributed by atoms with Crippen LogP contribution in [-0.4, -0.2) is 41.3 Å². The van der Waals surface area contributed by atoms with Crippen LogP contribution in [0.2, 0.25) is 0 Å². The van der Waals surface area contributed by atoms with Crippen LogP contribution < -0.4 is 11.1 Å². The first-order chi connectivity index (χ1) is 10.1. The summed E-state index contributed by atoms with van der Waals surface area (Å²) in [6.45, 7) is 1.66. The standard InChI is InChI=1S/C15H25N3O2S/c16-13(21)15(7-3-1-4-8-15)14(20)17-11-12(19)18-9-5-2-6-10-18/h1-11H2,(H2,16,21)(H,17,20). The van der Waals surface area contributed by atoms with Gasteiger partial charge in [-0.2, -0.15) is 0 Å². The van der Waals surface area contributed by atoms with E-state index in [1.807, 2.05) is 4.90 Å². The number of nitrogens with one attached hydrogen (secondary N) is 1. The molecule has 1 saturated heterocycles. The van der Waals surface area contributed by atoms with Crippen LogP contribution in [-0.2, 0) is 9.59 Å². The van der Waals surface area contributed by atoms with Crippen molar-refractivity contribution in [2.75, 3.05) is 19.6 Å². The molecule has 0 spiro atoms. The first-order valence-corrected chi connectivity index (χ1v) is 8.33. The maximum Gasteiger partial charge on any atom is 0.241 e. The van der Waals surface area contributed by atoms with Gasteiger partial charge in [-0.1, -0.05) is 31.5 Å². The second kappa shape index (κ2) is 7.20. The number of rotatable bonds is 4. The Balaban J connectivity index is 1.90. The molecule has 0 atom stereocenters. The number of carbonyl (C=O) groups excluding carboxylic acids is 2. The summed E-state index contributed by atoms with van der Waals surface area (Å²) in [6, 6.07) is 0. The Hall–Kier alpha value is -1.17. The van der Waals surface area contributed by atoms with Crippen LogP contribution in [0.1, 0.15) is 51.4 Å². The summed E-state index contributed by atoms with van der Waals surface area (Å²) in [5, 5.41) is 2.77. The van der Waals surface area contributed by atoms with Crippen LogP contribution in [0.15, 0.2) is 0 Å². The zero-order valence-electron chi connectivity index (χ0n) is 12.5. The van der Waals surface area contributed by atoms with Crippen molar-refractivity contribution in [2.24, 2.45) is 11.1 Å². The number of piperidine rings is 1. The van der Waals surface area contributed by atoms with Gasteiger partial charge in [-0.15, -0.1) is 0 Å². The second-order valence-corrected chi connectivity index (χ2v) is 6.57. The molecule has 0 unspecified atom stereocenters. The van der Waals surface area contributed by atoms with Gasteiger partial charge in [0.1, 0.15) is 0 Å². The smallest absolute Gasteiger partial charge is 0.241 e. The molecule has 0 bridgehead atoms. The van der Waals surface area contributed by atoms with Crippen molar-refractivity contribution >= 4 is 29.0 Å². The predicted molar refractivity (Wildman–Crippen MR) is 85.7 cm³/mol. The van der Waals surface area contributed by atoms with Crippen LogP contribution in [0.3, 0.4) is 0 Å². The van der Waals surface area contributed by atoms with E-state index in [0.717, 1.165) is 45.2 Å². The molecule has 1 aliphatic carbocycles. The Kier molecular flexibility index (Phi) is 5.56. The monoisotopic (exact) mass is 311 g/mol. The molecular formula is C15H25N3O2S. The van der Waals surface area contributed by atoms with E-state index in [0.29, 0.717) is 12.8 Å². The molecule has 1 heterocycles. The van der Waals surface area contributed by atoms with Gasteiger partial charge in [-0.25, -0.2) is 0 Å². The summed E-state index contributed by atoms with van der Waals surface area (Å²) in [7, 11) is 0. The Morgan fingerprint density at radius 1 is 1.05 bits per heavy atom. The van der Waals surface area contributed by atoms with Crippen LogP contribution in [0.5, 0.6) is 0 Å². The Morgan fingerprint density at radius 3 is 2.19 bits per heavy atom. The third-order valence-electron chi connectivity index (χ3n) is 4.72. The van der Waals surface area contributed by atoms with Crippen LogP contribution >= 0.6 is 12.2 Å². The van der Waals surface area contributed by atoms with Crippen molar-refractivity contribution in [3.8, 4) is 0 Å². The molecule has 6 heteroatoms. The molecular weight excluding hydrogens is 286 g/mol. The maximum atomic E-state index is 12.5. The van der Waals surface area contributed by atoms with E-state index in [-0.39, 0.29) is 23.3 Å². The Labute approximate surface area is 131 Å².